The maximum Gasteiger partial charge on any atom is 0.215 e. The summed E-state index contributed by atoms with van der Waals surface area (Å²) in [5.74, 6) is 0. The minimum absolute atomic E-state index is 0.817. The van der Waals surface area contributed by atoms with Crippen molar-refractivity contribution in [2.75, 3.05) is 0 Å². The smallest absolute Gasteiger partial charge is 0.215 e. The van der Waals surface area contributed by atoms with E-state index in [2.05, 4.69) is 70.7 Å². The molecule has 0 saturated heterocycles. The van der Waals surface area contributed by atoms with E-state index in [9.17, 15) is 0 Å². The molecule has 4 nitrogen and oxygen atoms in total. The van der Waals surface area contributed by atoms with Crippen molar-refractivity contribution in [3.63, 3.8) is 0 Å². The van der Waals surface area contributed by atoms with E-state index >= 15 is 0 Å². The average molecular weight is 363 g/mol. The topological polar surface area (TPSA) is 43.3 Å². The third-order valence-electron chi connectivity index (χ3n) is 5.60. The van der Waals surface area contributed by atoms with Gasteiger partial charge in [0.1, 0.15) is 11.2 Å². The molecule has 0 bridgehead atoms. The monoisotopic (exact) mass is 363 g/mol. The predicted molar refractivity (Wildman–Crippen MR) is 113 cm³/mol. The third kappa shape index (κ3) is 2.00. The van der Waals surface area contributed by atoms with Crippen LogP contribution >= 0.6 is 0 Å². The molecule has 134 valence electrons. The van der Waals surface area contributed by atoms with Crippen LogP contribution in [0.4, 0.5) is 0 Å². The van der Waals surface area contributed by atoms with Gasteiger partial charge in [-0.1, -0.05) is 30.3 Å². The molecule has 0 unspecified atom stereocenters. The summed E-state index contributed by atoms with van der Waals surface area (Å²) < 4.78 is 8.57. The van der Waals surface area contributed by atoms with Gasteiger partial charge < -0.3 is 4.42 Å². The first-order chi connectivity index (χ1) is 13.7. The lowest BCUT2D eigenvalue weighted by Crippen LogP contribution is -1.88. The summed E-state index contributed by atoms with van der Waals surface area (Å²) in [4.78, 5) is 9.33. The average Bonchev–Trinajstić information content (AvgIpc) is 3.27. The van der Waals surface area contributed by atoms with E-state index in [0.29, 0.717) is 0 Å². The van der Waals surface area contributed by atoms with Crippen molar-refractivity contribution in [2.24, 2.45) is 0 Å². The highest BCUT2D eigenvalue weighted by molar-refractivity contribution is 6.09. The van der Waals surface area contributed by atoms with Crippen LogP contribution < -0.4 is 0 Å². The number of fused-ring (bicyclic) bond motifs is 7. The number of hydrogen-bond acceptors (Lipinski definition) is 3. The van der Waals surface area contributed by atoms with E-state index in [1.807, 2.05) is 24.5 Å². The first-order valence-electron chi connectivity index (χ1n) is 9.35. The fraction of sp³-hybridized carbons (Fsp3) is 0.0833. The Morgan fingerprint density at radius 1 is 0.821 bits per heavy atom. The molecule has 0 aliphatic carbocycles. The number of rotatable bonds is 1. The Kier molecular flexibility index (Phi) is 2.98. The number of aromatic nitrogens is 3. The highest BCUT2D eigenvalue weighted by atomic mass is 16.3. The summed E-state index contributed by atoms with van der Waals surface area (Å²) >= 11 is 0. The highest BCUT2D eigenvalue weighted by Gasteiger charge is 2.17. The molecule has 0 aliphatic heterocycles. The second-order valence-electron chi connectivity index (χ2n) is 7.31. The molecule has 0 saturated carbocycles. The van der Waals surface area contributed by atoms with Crippen molar-refractivity contribution in [1.29, 1.82) is 0 Å². The predicted octanol–water partition coefficient (Wildman–Crippen LogP) is 6.07. The zero-order chi connectivity index (χ0) is 18.8. The van der Waals surface area contributed by atoms with Gasteiger partial charge >= 0.3 is 0 Å². The van der Waals surface area contributed by atoms with Crippen LogP contribution in [0.1, 0.15) is 11.1 Å². The molecule has 0 aliphatic rings. The number of para-hydroxylation sites is 2. The molecule has 0 amide bonds. The van der Waals surface area contributed by atoms with E-state index in [1.54, 1.807) is 0 Å². The second kappa shape index (κ2) is 5.42. The molecule has 4 heteroatoms. The van der Waals surface area contributed by atoms with Gasteiger partial charge in [0.05, 0.1) is 16.6 Å². The van der Waals surface area contributed by atoms with E-state index < -0.39 is 0 Å². The van der Waals surface area contributed by atoms with Crippen molar-refractivity contribution in [3.8, 4) is 11.3 Å². The van der Waals surface area contributed by atoms with Gasteiger partial charge in [-0.25, -0.2) is 4.98 Å². The molecule has 0 N–H and O–H groups in total. The molecule has 0 fully saturated rings. The first-order valence-corrected chi connectivity index (χ1v) is 9.35. The fourth-order valence-corrected chi connectivity index (χ4v) is 3.97. The second-order valence-corrected chi connectivity index (χ2v) is 7.31. The zero-order valence-electron chi connectivity index (χ0n) is 15.6. The van der Waals surface area contributed by atoms with E-state index in [0.717, 1.165) is 49.9 Å². The Labute approximate surface area is 161 Å². The summed E-state index contributed by atoms with van der Waals surface area (Å²) in [7, 11) is 0. The normalized spacial score (nSPS) is 11.9. The molecule has 2 aromatic carbocycles. The minimum atomic E-state index is 0.817. The van der Waals surface area contributed by atoms with Gasteiger partial charge in [0, 0.05) is 28.7 Å². The number of hydrogen-bond donors (Lipinski definition) is 0. The maximum absolute atomic E-state index is 6.47. The highest BCUT2D eigenvalue weighted by Crippen LogP contribution is 2.36. The summed E-state index contributed by atoms with van der Waals surface area (Å²) in [6.45, 7) is 4.19. The molecule has 6 aromatic rings. The van der Waals surface area contributed by atoms with Crippen LogP contribution in [-0.4, -0.2) is 14.4 Å². The summed E-state index contributed by atoms with van der Waals surface area (Å²) in [6, 6.07) is 18.7. The Morgan fingerprint density at radius 2 is 1.71 bits per heavy atom. The van der Waals surface area contributed by atoms with Gasteiger partial charge in [-0.05, 0) is 49.2 Å². The number of furan rings is 1. The molecular formula is C24H17N3O. The number of benzene rings is 2. The number of pyridine rings is 1. The maximum atomic E-state index is 6.47. The van der Waals surface area contributed by atoms with Crippen LogP contribution in [0.15, 0.2) is 71.4 Å². The van der Waals surface area contributed by atoms with E-state index in [1.165, 1.54) is 11.1 Å². The van der Waals surface area contributed by atoms with Crippen molar-refractivity contribution < 1.29 is 4.42 Å². The van der Waals surface area contributed by atoms with Crippen LogP contribution in [0.5, 0.6) is 0 Å². The fourth-order valence-electron chi connectivity index (χ4n) is 3.97. The Balaban J connectivity index is 1.75. The molecule has 0 spiro atoms. The molecule has 28 heavy (non-hydrogen) atoms. The number of nitrogens with zero attached hydrogens (tertiary/aromatic N) is 3. The molecule has 4 aromatic heterocycles. The Hall–Kier alpha value is -3.66. The third-order valence-corrected chi connectivity index (χ3v) is 5.60. The van der Waals surface area contributed by atoms with E-state index in [-0.39, 0.29) is 0 Å². The van der Waals surface area contributed by atoms with Gasteiger partial charge in [0.2, 0.25) is 5.71 Å². The SMILES string of the molecule is Cc1cnc(-c2cccc3c2oc2c3cnc3cc4ccccc4n32)cc1C. The van der Waals surface area contributed by atoms with Crippen LogP contribution in [0.25, 0.3) is 49.9 Å². The minimum Gasteiger partial charge on any atom is -0.438 e. The Bertz CT molecular complexity index is 1540. The summed E-state index contributed by atoms with van der Waals surface area (Å²) in [5, 5.41) is 3.22. The van der Waals surface area contributed by atoms with Crippen molar-refractivity contribution in [3.05, 3.63) is 78.1 Å². The van der Waals surface area contributed by atoms with Gasteiger partial charge in [-0.3, -0.25) is 9.38 Å². The Morgan fingerprint density at radius 3 is 2.61 bits per heavy atom. The van der Waals surface area contributed by atoms with Gasteiger partial charge in [0.15, 0.2) is 0 Å². The number of aryl methyl sites for hydroxylation is 2. The quantitative estimate of drug-likeness (QED) is 0.356. The lowest BCUT2D eigenvalue weighted by molar-refractivity contribution is 0.650. The summed E-state index contributed by atoms with van der Waals surface area (Å²) in [5.41, 5.74) is 7.98. The van der Waals surface area contributed by atoms with Gasteiger partial charge in [-0.2, -0.15) is 0 Å². The van der Waals surface area contributed by atoms with Crippen LogP contribution in [0.2, 0.25) is 0 Å². The standard InChI is InChI=1S/C24H17N3O/c1-14-10-20(25-12-15(14)2)18-8-5-7-17-19-13-26-22-11-16-6-3-4-9-21(16)27(22)24(19)28-23(17)18/h3-13H,1-2H3. The molecular weight excluding hydrogens is 346 g/mol. The van der Waals surface area contributed by atoms with Crippen molar-refractivity contribution in [2.45, 2.75) is 13.8 Å². The lowest BCUT2D eigenvalue weighted by Gasteiger charge is -2.05. The first kappa shape index (κ1) is 15.4. The van der Waals surface area contributed by atoms with Crippen molar-refractivity contribution in [1.82, 2.24) is 14.4 Å². The molecule has 0 radical (unpaired) electrons. The lowest BCUT2D eigenvalue weighted by atomic mass is 10.0. The molecule has 0 atom stereocenters. The van der Waals surface area contributed by atoms with Gasteiger partial charge in [0.25, 0.3) is 0 Å². The van der Waals surface area contributed by atoms with Crippen LogP contribution in [0.3, 0.4) is 0 Å². The van der Waals surface area contributed by atoms with Gasteiger partial charge in [-0.15, -0.1) is 0 Å². The van der Waals surface area contributed by atoms with E-state index in [4.69, 9.17) is 4.42 Å². The summed E-state index contributed by atoms with van der Waals surface area (Å²) in [6.07, 6.45) is 3.83. The molecule has 6 rings (SSSR count). The van der Waals surface area contributed by atoms with Crippen molar-refractivity contribution >= 4 is 38.6 Å². The largest absolute Gasteiger partial charge is 0.438 e. The molecule has 4 heterocycles. The zero-order valence-corrected chi connectivity index (χ0v) is 15.6. The van der Waals surface area contributed by atoms with Crippen LogP contribution in [0, 0.1) is 13.8 Å². The van der Waals surface area contributed by atoms with Crippen LogP contribution in [-0.2, 0) is 0 Å².